The summed E-state index contributed by atoms with van der Waals surface area (Å²) in [6, 6.07) is 0. The van der Waals surface area contributed by atoms with Crippen molar-refractivity contribution in [3.8, 4) is 0 Å². The van der Waals surface area contributed by atoms with E-state index in [1.54, 1.807) is 7.11 Å². The highest BCUT2D eigenvalue weighted by Gasteiger charge is 2.35. The van der Waals surface area contributed by atoms with Gasteiger partial charge >= 0.3 is 0 Å². The quantitative estimate of drug-likeness (QED) is 0.739. The van der Waals surface area contributed by atoms with E-state index in [-0.39, 0.29) is 23.8 Å². The molecule has 0 saturated carbocycles. The summed E-state index contributed by atoms with van der Waals surface area (Å²) in [7, 11) is 1.69. The number of piperidine rings is 1. The van der Waals surface area contributed by atoms with Crippen LogP contribution in [0.25, 0.3) is 0 Å². The monoisotopic (exact) mass is 240 g/mol. The summed E-state index contributed by atoms with van der Waals surface area (Å²) < 4.78 is 5.39. The van der Waals surface area contributed by atoms with E-state index in [0.29, 0.717) is 25.4 Å². The SMILES string of the molecule is COC1CN(C(=O)C2CNC(=O)C2)CCC1C. The third-order valence-corrected chi connectivity index (χ3v) is 3.83. The molecule has 0 bridgehead atoms. The van der Waals surface area contributed by atoms with Gasteiger partial charge in [-0.15, -0.1) is 0 Å². The lowest BCUT2D eigenvalue weighted by Gasteiger charge is -2.37. The molecule has 2 aliphatic heterocycles. The molecule has 3 unspecified atom stereocenters. The lowest BCUT2D eigenvalue weighted by molar-refractivity contribution is -0.140. The second-order valence-corrected chi connectivity index (χ2v) is 5.03. The maximum atomic E-state index is 12.2. The smallest absolute Gasteiger partial charge is 0.228 e. The first-order valence-electron chi connectivity index (χ1n) is 6.20. The molecule has 0 aliphatic carbocycles. The first kappa shape index (κ1) is 12.4. The van der Waals surface area contributed by atoms with Gasteiger partial charge in [0.1, 0.15) is 0 Å². The molecule has 1 N–H and O–H groups in total. The Morgan fingerprint density at radius 2 is 2.29 bits per heavy atom. The first-order valence-corrected chi connectivity index (χ1v) is 6.20. The van der Waals surface area contributed by atoms with E-state index in [2.05, 4.69) is 12.2 Å². The number of amides is 2. The first-order chi connectivity index (χ1) is 8.11. The van der Waals surface area contributed by atoms with Crippen molar-refractivity contribution in [1.29, 1.82) is 0 Å². The van der Waals surface area contributed by atoms with Gasteiger partial charge in [-0.3, -0.25) is 9.59 Å². The van der Waals surface area contributed by atoms with Crippen molar-refractivity contribution in [3.63, 3.8) is 0 Å². The Morgan fingerprint density at radius 1 is 1.53 bits per heavy atom. The largest absolute Gasteiger partial charge is 0.379 e. The number of ether oxygens (including phenoxy) is 1. The third-order valence-electron chi connectivity index (χ3n) is 3.83. The van der Waals surface area contributed by atoms with Crippen molar-refractivity contribution in [2.45, 2.75) is 25.9 Å². The van der Waals surface area contributed by atoms with Crippen LogP contribution >= 0.6 is 0 Å². The van der Waals surface area contributed by atoms with Crippen molar-refractivity contribution in [2.75, 3.05) is 26.7 Å². The van der Waals surface area contributed by atoms with E-state index in [4.69, 9.17) is 4.74 Å². The molecule has 3 atom stereocenters. The number of carbonyl (C=O) groups is 2. The molecule has 96 valence electrons. The summed E-state index contributed by atoms with van der Waals surface area (Å²) in [4.78, 5) is 25.1. The summed E-state index contributed by atoms with van der Waals surface area (Å²) >= 11 is 0. The van der Waals surface area contributed by atoms with Gasteiger partial charge in [-0.05, 0) is 12.3 Å². The Bertz CT molecular complexity index is 319. The van der Waals surface area contributed by atoms with Crippen molar-refractivity contribution >= 4 is 11.8 Å². The molecule has 2 rings (SSSR count). The Morgan fingerprint density at radius 3 is 2.88 bits per heavy atom. The zero-order chi connectivity index (χ0) is 12.4. The van der Waals surface area contributed by atoms with Gasteiger partial charge in [-0.25, -0.2) is 0 Å². The Kier molecular flexibility index (Phi) is 3.66. The van der Waals surface area contributed by atoms with E-state index < -0.39 is 0 Å². The van der Waals surface area contributed by atoms with Gasteiger partial charge in [0.05, 0.1) is 12.0 Å². The number of hydrogen-bond donors (Lipinski definition) is 1. The van der Waals surface area contributed by atoms with Crippen LogP contribution in [0.4, 0.5) is 0 Å². The predicted octanol–water partition coefficient (Wildman–Crippen LogP) is 0.00590. The van der Waals surface area contributed by atoms with E-state index >= 15 is 0 Å². The second kappa shape index (κ2) is 5.04. The molecule has 5 heteroatoms. The molecule has 2 amide bonds. The number of likely N-dealkylation sites (tertiary alicyclic amines) is 1. The fraction of sp³-hybridized carbons (Fsp3) is 0.833. The number of carbonyl (C=O) groups excluding carboxylic acids is 2. The molecule has 2 fully saturated rings. The molecule has 2 saturated heterocycles. The molecule has 0 radical (unpaired) electrons. The molecule has 5 nitrogen and oxygen atoms in total. The van der Waals surface area contributed by atoms with Gasteiger partial charge < -0.3 is 15.0 Å². The summed E-state index contributed by atoms with van der Waals surface area (Å²) in [5.74, 6) is 0.398. The van der Waals surface area contributed by atoms with Crippen molar-refractivity contribution in [1.82, 2.24) is 10.2 Å². The zero-order valence-corrected chi connectivity index (χ0v) is 10.4. The van der Waals surface area contributed by atoms with Crippen LogP contribution in [0, 0.1) is 11.8 Å². The lowest BCUT2D eigenvalue weighted by Crippen LogP contribution is -2.48. The molecule has 0 aromatic carbocycles. The van der Waals surface area contributed by atoms with Gasteiger partial charge in [0.15, 0.2) is 0 Å². The third kappa shape index (κ3) is 2.60. The minimum atomic E-state index is -0.173. The molecular formula is C12H20N2O3. The molecule has 17 heavy (non-hydrogen) atoms. The zero-order valence-electron chi connectivity index (χ0n) is 10.4. The highest BCUT2D eigenvalue weighted by Crippen LogP contribution is 2.22. The van der Waals surface area contributed by atoms with Gasteiger partial charge in [0.2, 0.25) is 11.8 Å². The number of methoxy groups -OCH3 is 1. The average Bonchev–Trinajstić information content (AvgIpc) is 2.75. The Labute approximate surface area is 101 Å². The van der Waals surface area contributed by atoms with E-state index in [1.165, 1.54) is 0 Å². The van der Waals surface area contributed by atoms with Crippen LogP contribution in [0.5, 0.6) is 0 Å². The van der Waals surface area contributed by atoms with Crippen LogP contribution in [0.3, 0.4) is 0 Å². The fourth-order valence-electron chi connectivity index (χ4n) is 2.58. The fourth-order valence-corrected chi connectivity index (χ4v) is 2.58. The standard InChI is InChI=1S/C12H20N2O3/c1-8-3-4-14(7-10(8)17-2)12(16)9-5-11(15)13-6-9/h8-10H,3-7H2,1-2H3,(H,13,15). The number of rotatable bonds is 2. The van der Waals surface area contributed by atoms with E-state index in [1.807, 2.05) is 4.90 Å². The lowest BCUT2D eigenvalue weighted by atomic mass is 9.94. The van der Waals surface area contributed by atoms with Crippen LogP contribution in [-0.4, -0.2) is 49.6 Å². The highest BCUT2D eigenvalue weighted by atomic mass is 16.5. The molecule has 0 spiro atoms. The van der Waals surface area contributed by atoms with Crippen molar-refractivity contribution < 1.29 is 14.3 Å². The summed E-state index contributed by atoms with van der Waals surface area (Å²) in [6.07, 6.45) is 1.43. The Hall–Kier alpha value is -1.10. The van der Waals surface area contributed by atoms with Crippen LogP contribution in [0.2, 0.25) is 0 Å². The number of nitrogens with zero attached hydrogens (tertiary/aromatic N) is 1. The van der Waals surface area contributed by atoms with Crippen molar-refractivity contribution in [3.05, 3.63) is 0 Å². The molecule has 2 heterocycles. The average molecular weight is 240 g/mol. The highest BCUT2D eigenvalue weighted by molar-refractivity contribution is 5.89. The molecule has 0 aromatic rings. The van der Waals surface area contributed by atoms with E-state index in [0.717, 1.165) is 13.0 Å². The van der Waals surface area contributed by atoms with Crippen LogP contribution in [0.1, 0.15) is 19.8 Å². The normalized spacial score (nSPS) is 33.6. The van der Waals surface area contributed by atoms with Crippen LogP contribution < -0.4 is 5.32 Å². The molecule has 2 aliphatic rings. The summed E-state index contributed by atoms with van der Waals surface area (Å²) in [5, 5.41) is 2.71. The van der Waals surface area contributed by atoms with Crippen molar-refractivity contribution in [2.24, 2.45) is 11.8 Å². The molecule has 0 aromatic heterocycles. The maximum absolute atomic E-state index is 12.2. The molecular weight excluding hydrogens is 220 g/mol. The van der Waals surface area contributed by atoms with Crippen LogP contribution in [0.15, 0.2) is 0 Å². The topological polar surface area (TPSA) is 58.6 Å². The second-order valence-electron chi connectivity index (χ2n) is 5.03. The van der Waals surface area contributed by atoms with Gasteiger partial charge in [-0.2, -0.15) is 0 Å². The van der Waals surface area contributed by atoms with E-state index in [9.17, 15) is 9.59 Å². The van der Waals surface area contributed by atoms with Gasteiger partial charge in [0, 0.05) is 33.2 Å². The summed E-state index contributed by atoms with van der Waals surface area (Å²) in [5.41, 5.74) is 0. The maximum Gasteiger partial charge on any atom is 0.228 e. The van der Waals surface area contributed by atoms with Crippen LogP contribution in [-0.2, 0) is 14.3 Å². The number of nitrogens with one attached hydrogen (secondary N) is 1. The summed E-state index contributed by atoms with van der Waals surface area (Å²) in [6.45, 7) is 4.07. The Balaban J connectivity index is 1.94. The number of hydrogen-bond acceptors (Lipinski definition) is 3. The predicted molar refractivity (Wildman–Crippen MR) is 62.3 cm³/mol. The van der Waals surface area contributed by atoms with Gasteiger partial charge in [0.25, 0.3) is 0 Å². The minimum absolute atomic E-state index is 0.0166. The van der Waals surface area contributed by atoms with Gasteiger partial charge in [-0.1, -0.05) is 6.92 Å². The minimum Gasteiger partial charge on any atom is -0.379 e.